The van der Waals surface area contributed by atoms with Gasteiger partial charge in [0.1, 0.15) is 12.6 Å². The lowest BCUT2D eigenvalue weighted by molar-refractivity contribution is -0.130. The molecule has 27 heavy (non-hydrogen) atoms. The number of nitrogens with one attached hydrogen (secondary N) is 1. The molecule has 1 heterocycles. The number of urea groups is 1. The fourth-order valence-electron chi connectivity index (χ4n) is 2.94. The predicted octanol–water partition coefficient (Wildman–Crippen LogP) is 2.55. The molecule has 3 rings (SSSR count). The van der Waals surface area contributed by atoms with Gasteiger partial charge in [-0.25, -0.2) is 4.79 Å². The number of hydrogen-bond acceptors (Lipinski definition) is 4. The quantitative estimate of drug-likeness (QED) is 0.827. The van der Waals surface area contributed by atoms with Crippen molar-refractivity contribution in [2.45, 2.75) is 19.4 Å². The van der Waals surface area contributed by atoms with Gasteiger partial charge in [0.2, 0.25) is 5.91 Å². The molecule has 0 spiro atoms. The van der Waals surface area contributed by atoms with Crippen LogP contribution in [0.3, 0.4) is 0 Å². The molecule has 0 radical (unpaired) electrons. The van der Waals surface area contributed by atoms with Crippen molar-refractivity contribution in [3.05, 3.63) is 60.2 Å². The molecule has 1 aliphatic rings. The summed E-state index contributed by atoms with van der Waals surface area (Å²) in [7, 11) is 0. The van der Waals surface area contributed by atoms with Gasteiger partial charge in [-0.15, -0.1) is 0 Å². The molecule has 1 fully saturated rings. The van der Waals surface area contributed by atoms with Gasteiger partial charge in [-0.1, -0.05) is 30.3 Å². The number of benzene rings is 2. The molecule has 1 unspecified atom stereocenters. The minimum absolute atomic E-state index is 0.290. The molecule has 1 aliphatic heterocycles. The standard InChI is InChI=1S/C20H18N4O3/c1-14-19(26)23(20(27)24(14)17-5-3-2-4-6-17)13-18(25)22-16-9-7-15(8-10-16)11-12-21/h2-10,14H,11,13H2,1H3,(H,22,25). The van der Waals surface area contributed by atoms with E-state index in [9.17, 15) is 14.4 Å². The summed E-state index contributed by atoms with van der Waals surface area (Å²) in [6, 6.07) is 16.6. The van der Waals surface area contributed by atoms with Crippen molar-refractivity contribution in [3.8, 4) is 6.07 Å². The molecule has 2 aromatic rings. The normalized spacial score (nSPS) is 16.4. The van der Waals surface area contributed by atoms with E-state index in [-0.39, 0.29) is 13.0 Å². The van der Waals surface area contributed by atoms with Gasteiger partial charge < -0.3 is 5.32 Å². The highest BCUT2D eigenvalue weighted by Gasteiger charge is 2.43. The van der Waals surface area contributed by atoms with Gasteiger partial charge in [0.15, 0.2) is 0 Å². The van der Waals surface area contributed by atoms with Gasteiger partial charge in [-0.05, 0) is 36.8 Å². The van der Waals surface area contributed by atoms with Crippen molar-refractivity contribution in [2.24, 2.45) is 0 Å². The highest BCUT2D eigenvalue weighted by molar-refractivity contribution is 6.16. The van der Waals surface area contributed by atoms with Crippen LogP contribution >= 0.6 is 0 Å². The van der Waals surface area contributed by atoms with Gasteiger partial charge in [0.05, 0.1) is 12.5 Å². The third-order valence-electron chi connectivity index (χ3n) is 4.30. The minimum atomic E-state index is -0.669. The highest BCUT2D eigenvalue weighted by Crippen LogP contribution is 2.25. The summed E-state index contributed by atoms with van der Waals surface area (Å²) in [5, 5.41) is 11.3. The fraction of sp³-hybridized carbons (Fsp3) is 0.200. The van der Waals surface area contributed by atoms with Crippen LogP contribution in [0, 0.1) is 11.3 Å². The second-order valence-electron chi connectivity index (χ2n) is 6.17. The Hall–Kier alpha value is -3.66. The number of carbonyl (C=O) groups is 3. The third kappa shape index (κ3) is 3.80. The maximum atomic E-state index is 12.7. The summed E-state index contributed by atoms with van der Waals surface area (Å²) >= 11 is 0. The van der Waals surface area contributed by atoms with E-state index in [1.165, 1.54) is 4.90 Å². The van der Waals surface area contributed by atoms with E-state index < -0.39 is 23.9 Å². The van der Waals surface area contributed by atoms with Crippen molar-refractivity contribution >= 4 is 29.2 Å². The molecule has 4 amide bonds. The molecule has 1 atom stereocenters. The molecule has 1 N–H and O–H groups in total. The number of imide groups is 1. The number of nitriles is 1. The summed E-state index contributed by atoms with van der Waals surface area (Å²) in [5.74, 6) is -0.879. The van der Waals surface area contributed by atoms with E-state index in [1.54, 1.807) is 55.5 Å². The molecular formula is C20H18N4O3. The van der Waals surface area contributed by atoms with Crippen molar-refractivity contribution in [1.29, 1.82) is 5.26 Å². The van der Waals surface area contributed by atoms with Crippen LogP contribution in [-0.4, -0.2) is 35.3 Å². The van der Waals surface area contributed by atoms with Gasteiger partial charge in [0, 0.05) is 11.4 Å². The van der Waals surface area contributed by atoms with Crippen molar-refractivity contribution < 1.29 is 14.4 Å². The van der Waals surface area contributed by atoms with Crippen LogP contribution in [-0.2, 0) is 16.0 Å². The molecule has 0 aromatic heterocycles. The molecule has 0 saturated carbocycles. The highest BCUT2D eigenvalue weighted by atomic mass is 16.2. The van der Waals surface area contributed by atoms with Gasteiger partial charge in [-0.2, -0.15) is 5.26 Å². The van der Waals surface area contributed by atoms with E-state index in [2.05, 4.69) is 11.4 Å². The average Bonchev–Trinajstić information content (AvgIpc) is 2.87. The van der Waals surface area contributed by atoms with Crippen LogP contribution in [0.4, 0.5) is 16.2 Å². The molecule has 7 nitrogen and oxygen atoms in total. The Morgan fingerprint density at radius 3 is 2.41 bits per heavy atom. The number of hydrogen-bond donors (Lipinski definition) is 1. The van der Waals surface area contributed by atoms with Gasteiger partial charge in [0.25, 0.3) is 5.91 Å². The molecule has 2 aromatic carbocycles. The molecule has 136 valence electrons. The van der Waals surface area contributed by atoms with Crippen LogP contribution in [0.5, 0.6) is 0 Å². The first-order valence-corrected chi connectivity index (χ1v) is 8.46. The number of amides is 4. The zero-order valence-electron chi connectivity index (χ0n) is 14.8. The molecular weight excluding hydrogens is 344 g/mol. The largest absolute Gasteiger partial charge is 0.332 e. The number of rotatable bonds is 5. The van der Waals surface area contributed by atoms with E-state index in [0.717, 1.165) is 10.5 Å². The maximum absolute atomic E-state index is 12.7. The third-order valence-corrected chi connectivity index (χ3v) is 4.30. The number of para-hydroxylation sites is 1. The van der Waals surface area contributed by atoms with Crippen LogP contribution < -0.4 is 10.2 Å². The predicted molar refractivity (Wildman–Crippen MR) is 99.9 cm³/mol. The monoisotopic (exact) mass is 362 g/mol. The molecule has 0 bridgehead atoms. The van der Waals surface area contributed by atoms with Gasteiger partial charge in [-0.3, -0.25) is 19.4 Å². The smallest absolute Gasteiger partial charge is 0.325 e. The fourth-order valence-corrected chi connectivity index (χ4v) is 2.94. The van der Waals surface area contributed by atoms with Gasteiger partial charge >= 0.3 is 6.03 Å². The topological polar surface area (TPSA) is 93.5 Å². The lowest BCUT2D eigenvalue weighted by Gasteiger charge is -2.19. The van der Waals surface area contributed by atoms with Crippen LogP contribution in [0.15, 0.2) is 54.6 Å². The summed E-state index contributed by atoms with van der Waals surface area (Å²) in [5.41, 5.74) is 1.99. The van der Waals surface area contributed by atoms with E-state index in [0.29, 0.717) is 11.4 Å². The van der Waals surface area contributed by atoms with Crippen LogP contribution in [0.25, 0.3) is 0 Å². The lowest BCUT2D eigenvalue weighted by Crippen LogP contribution is -2.39. The zero-order chi connectivity index (χ0) is 19.4. The Balaban J connectivity index is 1.68. The second-order valence-corrected chi connectivity index (χ2v) is 6.17. The Bertz CT molecular complexity index is 903. The number of nitrogens with zero attached hydrogens (tertiary/aromatic N) is 3. The summed E-state index contributed by atoms with van der Waals surface area (Å²) in [4.78, 5) is 39.7. The summed E-state index contributed by atoms with van der Waals surface area (Å²) in [6.07, 6.45) is 0.290. The summed E-state index contributed by atoms with van der Waals surface area (Å²) in [6.45, 7) is 1.28. The van der Waals surface area contributed by atoms with E-state index in [4.69, 9.17) is 5.26 Å². The first-order chi connectivity index (χ1) is 13.0. The molecule has 7 heteroatoms. The number of carbonyl (C=O) groups excluding carboxylic acids is 3. The van der Waals surface area contributed by atoms with Crippen molar-refractivity contribution in [2.75, 3.05) is 16.8 Å². The molecule has 0 aliphatic carbocycles. The summed E-state index contributed by atoms with van der Waals surface area (Å²) < 4.78 is 0. The first-order valence-electron chi connectivity index (χ1n) is 8.46. The van der Waals surface area contributed by atoms with Crippen molar-refractivity contribution in [1.82, 2.24) is 4.90 Å². The van der Waals surface area contributed by atoms with Crippen LogP contribution in [0.2, 0.25) is 0 Å². The SMILES string of the molecule is CC1C(=O)N(CC(=O)Nc2ccc(CC#N)cc2)C(=O)N1c1ccccc1. The Morgan fingerprint density at radius 1 is 1.11 bits per heavy atom. The maximum Gasteiger partial charge on any atom is 0.332 e. The Kier molecular flexibility index (Phi) is 5.18. The Morgan fingerprint density at radius 2 is 1.78 bits per heavy atom. The number of anilines is 2. The second kappa shape index (κ2) is 7.70. The lowest BCUT2D eigenvalue weighted by atomic mass is 10.1. The van der Waals surface area contributed by atoms with E-state index >= 15 is 0 Å². The first kappa shape index (κ1) is 18.1. The van der Waals surface area contributed by atoms with Crippen molar-refractivity contribution in [3.63, 3.8) is 0 Å². The minimum Gasteiger partial charge on any atom is -0.325 e. The zero-order valence-corrected chi connectivity index (χ0v) is 14.8. The Labute approximate surface area is 156 Å². The average molecular weight is 362 g/mol. The van der Waals surface area contributed by atoms with Crippen LogP contribution in [0.1, 0.15) is 12.5 Å². The molecule has 1 saturated heterocycles. The van der Waals surface area contributed by atoms with E-state index in [1.807, 2.05) is 6.07 Å².